The zero-order chi connectivity index (χ0) is 13.0. The number of rotatable bonds is 4. The van der Waals surface area contributed by atoms with Crippen LogP contribution in [-0.2, 0) is 0 Å². The van der Waals surface area contributed by atoms with Crippen LogP contribution >= 0.6 is 0 Å². The fourth-order valence-corrected chi connectivity index (χ4v) is 1.74. The first-order valence-corrected chi connectivity index (χ1v) is 5.82. The van der Waals surface area contributed by atoms with Crippen LogP contribution in [0.25, 0.3) is 0 Å². The lowest BCUT2D eigenvalue weighted by Crippen LogP contribution is -2.04. The van der Waals surface area contributed by atoms with E-state index in [1.54, 1.807) is 18.5 Å². The molecule has 0 bridgehead atoms. The third-order valence-corrected chi connectivity index (χ3v) is 2.69. The van der Waals surface area contributed by atoms with Gasteiger partial charge >= 0.3 is 0 Å². The van der Waals surface area contributed by atoms with Crippen molar-refractivity contribution in [2.75, 3.05) is 12.3 Å². The third-order valence-electron chi connectivity index (χ3n) is 2.69. The monoisotopic (exact) mass is 244 g/mol. The van der Waals surface area contributed by atoms with Crippen molar-refractivity contribution in [2.24, 2.45) is 0 Å². The molecule has 1 aromatic carbocycles. The lowest BCUT2D eigenvalue weighted by molar-refractivity contribution is 0.220. The van der Waals surface area contributed by atoms with Gasteiger partial charge in [0.05, 0.1) is 6.61 Å². The molecule has 0 aliphatic carbocycles. The van der Waals surface area contributed by atoms with Crippen LogP contribution in [0, 0.1) is 0 Å². The van der Waals surface area contributed by atoms with Crippen LogP contribution in [0.4, 0.5) is 5.69 Å². The molecule has 0 saturated heterocycles. The highest BCUT2D eigenvalue weighted by Crippen LogP contribution is 2.26. The number of aliphatic hydroxyl groups excluding tert-OH is 1. The molecule has 18 heavy (non-hydrogen) atoms. The molecule has 1 heterocycles. The van der Waals surface area contributed by atoms with Gasteiger partial charge in [-0.3, -0.25) is 4.98 Å². The van der Waals surface area contributed by atoms with Crippen LogP contribution in [0.3, 0.4) is 0 Å². The molecule has 1 unspecified atom stereocenters. The number of aromatic nitrogens is 1. The van der Waals surface area contributed by atoms with Gasteiger partial charge in [0, 0.05) is 23.6 Å². The van der Waals surface area contributed by atoms with E-state index in [-0.39, 0.29) is 0 Å². The molecular formula is C14H16N2O2. The predicted molar refractivity (Wildman–Crippen MR) is 70.3 cm³/mol. The number of nitrogens with zero attached hydrogens (tertiary/aromatic N) is 1. The summed E-state index contributed by atoms with van der Waals surface area (Å²) in [7, 11) is 0. The van der Waals surface area contributed by atoms with Gasteiger partial charge in [0.25, 0.3) is 0 Å². The normalized spacial score (nSPS) is 12.1. The summed E-state index contributed by atoms with van der Waals surface area (Å²) in [6, 6.07) is 8.97. The van der Waals surface area contributed by atoms with Gasteiger partial charge in [-0.1, -0.05) is 12.1 Å². The summed E-state index contributed by atoms with van der Waals surface area (Å²) in [6.07, 6.45) is 2.41. The second-order valence-corrected chi connectivity index (χ2v) is 3.91. The topological polar surface area (TPSA) is 68.4 Å². The van der Waals surface area contributed by atoms with E-state index in [4.69, 9.17) is 10.5 Å². The standard InChI is InChI=1S/C14H16N2O2/c1-2-18-11-5-3-10(4-6-11)14(17)12-9-16-8-7-13(12)15/h3-9,14,17H,2H2,1H3,(H2,15,16). The van der Waals surface area contributed by atoms with E-state index in [1.807, 2.05) is 31.2 Å². The van der Waals surface area contributed by atoms with Gasteiger partial charge < -0.3 is 15.6 Å². The molecule has 1 atom stereocenters. The number of anilines is 1. The van der Waals surface area contributed by atoms with E-state index in [0.717, 1.165) is 11.3 Å². The van der Waals surface area contributed by atoms with Gasteiger partial charge in [-0.05, 0) is 30.7 Å². The molecule has 0 aliphatic heterocycles. The summed E-state index contributed by atoms with van der Waals surface area (Å²) in [5.41, 5.74) is 7.72. The van der Waals surface area contributed by atoms with Crippen molar-refractivity contribution in [3.05, 3.63) is 53.9 Å². The Bertz CT molecular complexity index is 511. The van der Waals surface area contributed by atoms with Gasteiger partial charge in [0.15, 0.2) is 0 Å². The first-order chi connectivity index (χ1) is 8.72. The fourth-order valence-electron chi connectivity index (χ4n) is 1.74. The molecule has 0 fully saturated rings. The second kappa shape index (κ2) is 5.51. The van der Waals surface area contributed by atoms with Crippen molar-refractivity contribution in [1.29, 1.82) is 0 Å². The van der Waals surface area contributed by atoms with Crippen molar-refractivity contribution >= 4 is 5.69 Å². The summed E-state index contributed by atoms with van der Waals surface area (Å²) in [6.45, 7) is 2.55. The Morgan fingerprint density at radius 3 is 2.61 bits per heavy atom. The van der Waals surface area contributed by atoms with Crippen molar-refractivity contribution in [1.82, 2.24) is 4.98 Å². The minimum Gasteiger partial charge on any atom is -0.494 e. The number of hydrogen-bond donors (Lipinski definition) is 2. The van der Waals surface area contributed by atoms with Gasteiger partial charge in [-0.25, -0.2) is 0 Å². The average Bonchev–Trinajstić information content (AvgIpc) is 2.40. The zero-order valence-corrected chi connectivity index (χ0v) is 10.2. The Morgan fingerprint density at radius 1 is 1.28 bits per heavy atom. The van der Waals surface area contributed by atoms with E-state index in [1.165, 1.54) is 0 Å². The van der Waals surface area contributed by atoms with Crippen LogP contribution in [-0.4, -0.2) is 16.7 Å². The van der Waals surface area contributed by atoms with Crippen LogP contribution in [0.15, 0.2) is 42.7 Å². The first kappa shape index (κ1) is 12.4. The van der Waals surface area contributed by atoms with Crippen molar-refractivity contribution in [3.63, 3.8) is 0 Å². The van der Waals surface area contributed by atoms with Crippen molar-refractivity contribution in [3.8, 4) is 5.75 Å². The summed E-state index contributed by atoms with van der Waals surface area (Å²) in [5, 5.41) is 10.2. The molecule has 0 saturated carbocycles. The molecule has 2 rings (SSSR count). The van der Waals surface area contributed by atoms with Crippen LogP contribution in [0.5, 0.6) is 5.75 Å². The number of nitrogen functional groups attached to an aromatic ring is 1. The minimum absolute atomic E-state index is 0.534. The maximum Gasteiger partial charge on any atom is 0.119 e. The van der Waals surface area contributed by atoms with Gasteiger partial charge in [0.1, 0.15) is 11.9 Å². The maximum absolute atomic E-state index is 10.2. The highest BCUT2D eigenvalue weighted by Gasteiger charge is 2.13. The number of benzene rings is 1. The van der Waals surface area contributed by atoms with E-state index >= 15 is 0 Å². The van der Waals surface area contributed by atoms with E-state index in [2.05, 4.69) is 4.98 Å². The summed E-state index contributed by atoms with van der Waals surface area (Å²) in [5.74, 6) is 0.785. The Kier molecular flexibility index (Phi) is 3.79. The highest BCUT2D eigenvalue weighted by molar-refractivity contribution is 5.48. The Morgan fingerprint density at radius 2 is 2.00 bits per heavy atom. The van der Waals surface area contributed by atoms with Crippen molar-refractivity contribution in [2.45, 2.75) is 13.0 Å². The predicted octanol–water partition coefficient (Wildman–Crippen LogP) is 2.14. The Balaban J connectivity index is 2.23. The Hall–Kier alpha value is -2.07. The van der Waals surface area contributed by atoms with Gasteiger partial charge in [0.2, 0.25) is 0 Å². The third kappa shape index (κ3) is 2.60. The lowest BCUT2D eigenvalue weighted by atomic mass is 10.0. The Labute approximate surface area is 106 Å². The quantitative estimate of drug-likeness (QED) is 0.864. The fraction of sp³-hybridized carbons (Fsp3) is 0.214. The van der Waals surface area contributed by atoms with Crippen LogP contribution < -0.4 is 10.5 Å². The molecule has 1 aromatic heterocycles. The smallest absolute Gasteiger partial charge is 0.119 e. The molecule has 0 spiro atoms. The second-order valence-electron chi connectivity index (χ2n) is 3.91. The number of pyridine rings is 1. The molecule has 3 N–H and O–H groups in total. The molecule has 4 nitrogen and oxygen atoms in total. The summed E-state index contributed by atoms with van der Waals surface area (Å²) in [4.78, 5) is 3.97. The molecule has 0 amide bonds. The number of nitrogens with two attached hydrogens (primary N) is 1. The first-order valence-electron chi connectivity index (χ1n) is 5.82. The average molecular weight is 244 g/mol. The minimum atomic E-state index is -0.769. The molecule has 2 aromatic rings. The largest absolute Gasteiger partial charge is 0.494 e. The van der Waals surface area contributed by atoms with Crippen LogP contribution in [0.1, 0.15) is 24.2 Å². The number of ether oxygens (including phenoxy) is 1. The van der Waals surface area contributed by atoms with Gasteiger partial charge in [-0.15, -0.1) is 0 Å². The molecular weight excluding hydrogens is 228 g/mol. The zero-order valence-electron chi connectivity index (χ0n) is 10.2. The molecule has 0 aliphatic rings. The summed E-state index contributed by atoms with van der Waals surface area (Å²) >= 11 is 0. The molecule has 4 heteroatoms. The van der Waals surface area contributed by atoms with Crippen LogP contribution in [0.2, 0.25) is 0 Å². The maximum atomic E-state index is 10.2. The van der Waals surface area contributed by atoms with E-state index in [0.29, 0.717) is 17.9 Å². The lowest BCUT2D eigenvalue weighted by Gasteiger charge is -2.13. The van der Waals surface area contributed by atoms with Gasteiger partial charge in [-0.2, -0.15) is 0 Å². The number of hydrogen-bond acceptors (Lipinski definition) is 4. The molecule has 94 valence electrons. The molecule has 0 radical (unpaired) electrons. The summed E-state index contributed by atoms with van der Waals surface area (Å²) < 4.78 is 5.35. The van der Waals surface area contributed by atoms with E-state index in [9.17, 15) is 5.11 Å². The van der Waals surface area contributed by atoms with Crippen molar-refractivity contribution < 1.29 is 9.84 Å². The van der Waals surface area contributed by atoms with E-state index < -0.39 is 6.10 Å². The SMILES string of the molecule is CCOc1ccc(C(O)c2cnccc2N)cc1. The number of aliphatic hydroxyl groups is 1. The highest BCUT2D eigenvalue weighted by atomic mass is 16.5.